The second kappa shape index (κ2) is 5.60. The van der Waals surface area contributed by atoms with Crippen LogP contribution >= 0.6 is 11.3 Å². The number of carbonyl (C=O) groups excluding carboxylic acids is 1. The van der Waals surface area contributed by atoms with Gasteiger partial charge < -0.3 is 11.1 Å². The van der Waals surface area contributed by atoms with Crippen LogP contribution < -0.4 is 11.1 Å². The molecule has 2 unspecified atom stereocenters. The number of carbonyl (C=O) groups is 1. The van der Waals surface area contributed by atoms with Crippen molar-refractivity contribution in [2.24, 2.45) is 17.6 Å². The Bertz CT molecular complexity index is 391. The molecule has 1 heterocycles. The van der Waals surface area contributed by atoms with Crippen molar-refractivity contribution in [3.05, 3.63) is 16.1 Å². The summed E-state index contributed by atoms with van der Waals surface area (Å²) >= 11 is 1.59. The molecule has 2 atom stereocenters. The molecule has 94 valence electrons. The Morgan fingerprint density at radius 1 is 1.65 bits per heavy atom. The minimum absolute atomic E-state index is 0.119. The van der Waals surface area contributed by atoms with Gasteiger partial charge in [-0.3, -0.25) is 4.79 Å². The second-order valence-electron chi connectivity index (χ2n) is 4.61. The summed E-state index contributed by atoms with van der Waals surface area (Å²) < 4.78 is 0. The maximum absolute atomic E-state index is 12.0. The Kier molecular flexibility index (Phi) is 4.12. The molecule has 1 aliphatic carbocycles. The lowest BCUT2D eigenvalue weighted by atomic mass is 9.95. The van der Waals surface area contributed by atoms with Crippen molar-refractivity contribution in [2.45, 2.75) is 32.7 Å². The van der Waals surface area contributed by atoms with Gasteiger partial charge in [-0.05, 0) is 32.2 Å². The summed E-state index contributed by atoms with van der Waals surface area (Å²) in [6.07, 6.45) is 3.20. The molecule has 1 saturated carbocycles. The summed E-state index contributed by atoms with van der Waals surface area (Å²) in [4.78, 5) is 17.3. The Morgan fingerprint density at radius 2 is 2.47 bits per heavy atom. The van der Waals surface area contributed by atoms with Crippen LogP contribution in [-0.2, 0) is 11.3 Å². The molecule has 0 bridgehead atoms. The number of aromatic nitrogens is 1. The number of nitrogens with two attached hydrogens (primary N) is 1. The third-order valence-corrected chi connectivity index (χ3v) is 4.50. The first-order chi connectivity index (χ1) is 8.22. The molecule has 0 saturated heterocycles. The number of rotatable bonds is 4. The number of nitrogens with one attached hydrogen (secondary N) is 1. The van der Waals surface area contributed by atoms with Crippen molar-refractivity contribution in [3.63, 3.8) is 0 Å². The number of hydrogen-bond donors (Lipinski definition) is 2. The fourth-order valence-corrected chi connectivity index (χ4v) is 3.18. The van der Waals surface area contributed by atoms with Crippen molar-refractivity contribution in [1.29, 1.82) is 0 Å². The summed E-state index contributed by atoms with van der Waals surface area (Å²) in [5.74, 6) is 0.650. The van der Waals surface area contributed by atoms with Gasteiger partial charge in [-0.25, -0.2) is 4.98 Å². The summed E-state index contributed by atoms with van der Waals surface area (Å²) in [6, 6.07) is 0. The molecule has 1 aromatic heterocycles. The highest BCUT2D eigenvalue weighted by molar-refractivity contribution is 7.09. The smallest absolute Gasteiger partial charge is 0.223 e. The van der Waals surface area contributed by atoms with Gasteiger partial charge in [0, 0.05) is 10.8 Å². The lowest BCUT2D eigenvalue weighted by Gasteiger charge is -2.17. The average molecular weight is 253 g/mol. The van der Waals surface area contributed by atoms with E-state index in [1.165, 1.54) is 0 Å². The van der Waals surface area contributed by atoms with E-state index < -0.39 is 0 Å². The maximum Gasteiger partial charge on any atom is 0.223 e. The molecule has 2 rings (SSSR count). The Balaban J connectivity index is 1.87. The van der Waals surface area contributed by atoms with E-state index in [2.05, 4.69) is 10.3 Å². The fraction of sp³-hybridized carbons (Fsp3) is 0.667. The van der Waals surface area contributed by atoms with Crippen LogP contribution in [0.1, 0.15) is 29.8 Å². The van der Waals surface area contributed by atoms with Crippen LogP contribution in [0.2, 0.25) is 0 Å². The predicted molar refractivity (Wildman–Crippen MR) is 68.6 cm³/mol. The van der Waals surface area contributed by atoms with Crippen molar-refractivity contribution in [1.82, 2.24) is 10.3 Å². The molecule has 5 heteroatoms. The van der Waals surface area contributed by atoms with Crippen LogP contribution in [0.3, 0.4) is 0 Å². The van der Waals surface area contributed by atoms with Gasteiger partial charge in [-0.15, -0.1) is 11.3 Å². The molecule has 0 radical (unpaired) electrons. The van der Waals surface area contributed by atoms with Crippen LogP contribution in [0.5, 0.6) is 0 Å². The molecule has 0 aromatic carbocycles. The third kappa shape index (κ3) is 2.84. The highest BCUT2D eigenvalue weighted by atomic mass is 32.1. The Morgan fingerprint density at radius 3 is 3.12 bits per heavy atom. The lowest BCUT2D eigenvalue weighted by Crippen LogP contribution is -2.34. The van der Waals surface area contributed by atoms with Crippen molar-refractivity contribution in [3.8, 4) is 0 Å². The van der Waals surface area contributed by atoms with Crippen LogP contribution in [0.4, 0.5) is 0 Å². The van der Waals surface area contributed by atoms with Gasteiger partial charge in [0.15, 0.2) is 0 Å². The van der Waals surface area contributed by atoms with E-state index in [9.17, 15) is 4.79 Å². The number of nitrogens with zero attached hydrogens (tertiary/aromatic N) is 1. The zero-order valence-electron chi connectivity index (χ0n) is 10.1. The lowest BCUT2D eigenvalue weighted by molar-refractivity contribution is -0.126. The summed E-state index contributed by atoms with van der Waals surface area (Å²) in [6.45, 7) is 3.19. The summed E-state index contributed by atoms with van der Waals surface area (Å²) in [5.41, 5.74) is 8.51. The number of amides is 1. The topological polar surface area (TPSA) is 68.0 Å². The largest absolute Gasteiger partial charge is 0.351 e. The van der Waals surface area contributed by atoms with Crippen molar-refractivity contribution in [2.75, 3.05) is 6.54 Å². The van der Waals surface area contributed by atoms with Crippen LogP contribution in [-0.4, -0.2) is 17.4 Å². The van der Waals surface area contributed by atoms with Crippen molar-refractivity contribution >= 4 is 17.2 Å². The first-order valence-corrected chi connectivity index (χ1v) is 6.97. The Hall–Kier alpha value is -0.940. The zero-order valence-corrected chi connectivity index (χ0v) is 10.9. The number of aryl methyl sites for hydroxylation is 1. The van der Waals surface area contributed by atoms with Gasteiger partial charge in [0.1, 0.15) is 0 Å². The molecular formula is C12H19N3OS. The molecule has 0 aliphatic heterocycles. The molecular weight excluding hydrogens is 234 g/mol. The van der Waals surface area contributed by atoms with Gasteiger partial charge >= 0.3 is 0 Å². The SMILES string of the molecule is Cc1ncsc1CNC(=O)C1CCCC1CN. The quantitative estimate of drug-likeness (QED) is 0.853. The molecule has 1 aliphatic rings. The maximum atomic E-state index is 12.0. The predicted octanol–water partition coefficient (Wildman–Crippen LogP) is 1.44. The molecule has 1 amide bonds. The molecule has 0 spiro atoms. The van der Waals surface area contributed by atoms with Gasteiger partial charge in [-0.1, -0.05) is 6.42 Å². The van der Waals surface area contributed by atoms with Gasteiger partial charge in [0.05, 0.1) is 17.7 Å². The highest BCUT2D eigenvalue weighted by Gasteiger charge is 2.31. The second-order valence-corrected chi connectivity index (χ2v) is 5.55. The van der Waals surface area contributed by atoms with E-state index in [1.54, 1.807) is 11.3 Å². The van der Waals surface area contributed by atoms with Gasteiger partial charge in [0.2, 0.25) is 5.91 Å². The molecule has 3 N–H and O–H groups in total. The first-order valence-electron chi connectivity index (χ1n) is 6.09. The van der Waals surface area contributed by atoms with Crippen LogP contribution in [0, 0.1) is 18.8 Å². The standard InChI is InChI=1S/C12H19N3OS/c1-8-11(17-7-15-8)6-14-12(16)10-4-2-3-9(10)5-13/h7,9-10H,2-6,13H2,1H3,(H,14,16). The van der Waals surface area contributed by atoms with E-state index in [0.29, 0.717) is 19.0 Å². The van der Waals surface area contributed by atoms with Crippen molar-refractivity contribution < 1.29 is 4.79 Å². The van der Waals surface area contributed by atoms with E-state index >= 15 is 0 Å². The van der Waals surface area contributed by atoms with Crippen LogP contribution in [0.15, 0.2) is 5.51 Å². The normalized spacial score (nSPS) is 23.9. The summed E-state index contributed by atoms with van der Waals surface area (Å²) in [5, 5.41) is 3.01. The zero-order chi connectivity index (χ0) is 12.3. The third-order valence-electron chi connectivity index (χ3n) is 3.57. The van der Waals surface area contributed by atoms with Gasteiger partial charge in [0.25, 0.3) is 0 Å². The molecule has 1 fully saturated rings. The molecule has 17 heavy (non-hydrogen) atoms. The monoisotopic (exact) mass is 253 g/mol. The average Bonchev–Trinajstić information content (AvgIpc) is 2.94. The highest BCUT2D eigenvalue weighted by Crippen LogP contribution is 2.31. The summed E-state index contributed by atoms with van der Waals surface area (Å²) in [7, 11) is 0. The van der Waals surface area contributed by atoms with E-state index in [-0.39, 0.29) is 11.8 Å². The minimum atomic E-state index is 0.119. The van der Waals surface area contributed by atoms with E-state index in [0.717, 1.165) is 29.8 Å². The Labute approximate surface area is 106 Å². The molecule has 1 aromatic rings. The number of hydrogen-bond acceptors (Lipinski definition) is 4. The van der Waals surface area contributed by atoms with Gasteiger partial charge in [-0.2, -0.15) is 0 Å². The van der Waals surface area contributed by atoms with E-state index in [1.807, 2.05) is 12.4 Å². The fourth-order valence-electron chi connectivity index (χ4n) is 2.46. The van der Waals surface area contributed by atoms with E-state index in [4.69, 9.17) is 5.73 Å². The first kappa shape index (κ1) is 12.5. The molecule has 4 nitrogen and oxygen atoms in total. The van der Waals surface area contributed by atoms with Crippen LogP contribution in [0.25, 0.3) is 0 Å². The number of thiazole rings is 1. The minimum Gasteiger partial charge on any atom is -0.351 e.